The lowest BCUT2D eigenvalue weighted by Gasteiger charge is -2.02. The average Bonchev–Trinajstić information content (AvgIpc) is 2.65. The molecule has 2 heterocycles. The highest BCUT2D eigenvalue weighted by Crippen LogP contribution is 2.04. The maximum absolute atomic E-state index is 5.14. The molecule has 4 nitrogen and oxygen atoms in total. The third-order valence-electron chi connectivity index (χ3n) is 1.85. The Morgan fingerprint density at radius 1 is 1.50 bits per heavy atom. The fourth-order valence-electron chi connectivity index (χ4n) is 1.18. The summed E-state index contributed by atoms with van der Waals surface area (Å²) in [5, 5.41) is 3.13. The first-order chi connectivity index (χ1) is 6.90. The molecule has 70 valence electrons. The van der Waals surface area contributed by atoms with Crippen LogP contribution in [-0.4, -0.2) is 20.9 Å². The van der Waals surface area contributed by atoms with Crippen molar-refractivity contribution in [3.8, 4) is 12.3 Å². The number of nitrogens with zero attached hydrogens (tertiary/aromatic N) is 3. The van der Waals surface area contributed by atoms with Crippen molar-refractivity contribution >= 4 is 11.5 Å². The van der Waals surface area contributed by atoms with E-state index in [4.69, 9.17) is 6.42 Å². The Hall–Kier alpha value is -2.02. The third kappa shape index (κ3) is 1.67. The standard InChI is InChI=1S/C10H10N4/c1-2-3-4-11-9-8-14-6-5-12-10(14)7-13-9/h1,5-8,11H,3-4H2. The number of imidazole rings is 1. The maximum atomic E-state index is 5.14. The number of aromatic nitrogens is 3. The van der Waals surface area contributed by atoms with Crippen molar-refractivity contribution in [1.29, 1.82) is 0 Å². The Balaban J connectivity index is 2.14. The zero-order valence-electron chi connectivity index (χ0n) is 7.64. The van der Waals surface area contributed by atoms with E-state index in [9.17, 15) is 0 Å². The number of terminal acetylenes is 1. The van der Waals surface area contributed by atoms with Gasteiger partial charge in [0.25, 0.3) is 0 Å². The second-order valence-electron chi connectivity index (χ2n) is 2.85. The number of hydrogen-bond donors (Lipinski definition) is 1. The fourth-order valence-corrected chi connectivity index (χ4v) is 1.18. The van der Waals surface area contributed by atoms with Crippen molar-refractivity contribution in [2.45, 2.75) is 6.42 Å². The number of fused-ring (bicyclic) bond motifs is 1. The minimum absolute atomic E-state index is 0.698. The van der Waals surface area contributed by atoms with Gasteiger partial charge in [0.1, 0.15) is 5.82 Å². The summed E-state index contributed by atoms with van der Waals surface area (Å²) < 4.78 is 1.91. The van der Waals surface area contributed by atoms with Crippen LogP contribution < -0.4 is 5.32 Å². The topological polar surface area (TPSA) is 42.2 Å². The van der Waals surface area contributed by atoms with Crippen LogP contribution in [-0.2, 0) is 0 Å². The summed E-state index contributed by atoms with van der Waals surface area (Å²) in [4.78, 5) is 8.28. The van der Waals surface area contributed by atoms with Crippen LogP contribution in [0.25, 0.3) is 5.65 Å². The van der Waals surface area contributed by atoms with Crippen LogP contribution in [0.4, 0.5) is 5.82 Å². The zero-order valence-corrected chi connectivity index (χ0v) is 7.64. The number of hydrogen-bond acceptors (Lipinski definition) is 3. The van der Waals surface area contributed by atoms with Crippen molar-refractivity contribution in [3.05, 3.63) is 24.8 Å². The van der Waals surface area contributed by atoms with Gasteiger partial charge in [-0.15, -0.1) is 12.3 Å². The number of rotatable bonds is 3. The van der Waals surface area contributed by atoms with Gasteiger partial charge in [0, 0.05) is 25.4 Å². The Bertz CT molecular complexity index is 466. The minimum atomic E-state index is 0.698. The predicted molar refractivity (Wildman–Crippen MR) is 54.9 cm³/mol. The Kier molecular flexibility index (Phi) is 2.32. The van der Waals surface area contributed by atoms with Gasteiger partial charge in [-0.25, -0.2) is 9.97 Å². The highest BCUT2D eigenvalue weighted by molar-refractivity contribution is 5.42. The molecule has 0 aliphatic rings. The molecule has 2 aromatic rings. The molecule has 14 heavy (non-hydrogen) atoms. The summed E-state index contributed by atoms with van der Waals surface area (Å²) in [6.45, 7) is 0.740. The summed E-state index contributed by atoms with van der Waals surface area (Å²) in [6, 6.07) is 0. The number of anilines is 1. The molecule has 0 saturated heterocycles. The summed E-state index contributed by atoms with van der Waals surface area (Å²) in [7, 11) is 0. The van der Waals surface area contributed by atoms with Gasteiger partial charge < -0.3 is 9.72 Å². The summed E-state index contributed by atoms with van der Waals surface area (Å²) in [5.41, 5.74) is 0.840. The van der Waals surface area contributed by atoms with Crippen LogP contribution in [0.5, 0.6) is 0 Å². The molecular formula is C10H10N4. The Morgan fingerprint density at radius 2 is 2.43 bits per heavy atom. The lowest BCUT2D eigenvalue weighted by Crippen LogP contribution is -2.03. The molecule has 4 heteroatoms. The van der Waals surface area contributed by atoms with E-state index in [1.54, 1.807) is 12.4 Å². The molecule has 0 aliphatic carbocycles. The molecule has 0 aliphatic heterocycles. The first-order valence-corrected chi connectivity index (χ1v) is 4.36. The van der Waals surface area contributed by atoms with E-state index >= 15 is 0 Å². The molecule has 0 unspecified atom stereocenters. The van der Waals surface area contributed by atoms with E-state index in [0.717, 1.165) is 18.0 Å². The molecule has 0 fully saturated rings. The Morgan fingerprint density at radius 3 is 3.29 bits per heavy atom. The number of nitrogens with one attached hydrogen (secondary N) is 1. The van der Waals surface area contributed by atoms with Crippen molar-refractivity contribution < 1.29 is 0 Å². The molecule has 0 amide bonds. The molecule has 0 bridgehead atoms. The first kappa shape index (κ1) is 8.57. The molecule has 1 N–H and O–H groups in total. The van der Waals surface area contributed by atoms with Crippen LogP contribution in [0.15, 0.2) is 24.8 Å². The van der Waals surface area contributed by atoms with Gasteiger partial charge in [-0.3, -0.25) is 0 Å². The second kappa shape index (κ2) is 3.79. The van der Waals surface area contributed by atoms with Crippen LogP contribution in [0, 0.1) is 12.3 Å². The van der Waals surface area contributed by atoms with Gasteiger partial charge in [-0.1, -0.05) is 0 Å². The van der Waals surface area contributed by atoms with Gasteiger partial charge in [0.2, 0.25) is 0 Å². The van der Waals surface area contributed by atoms with Crippen LogP contribution in [0.2, 0.25) is 0 Å². The van der Waals surface area contributed by atoms with Gasteiger partial charge >= 0.3 is 0 Å². The monoisotopic (exact) mass is 186 g/mol. The van der Waals surface area contributed by atoms with E-state index < -0.39 is 0 Å². The molecule has 0 spiro atoms. The van der Waals surface area contributed by atoms with Crippen molar-refractivity contribution in [3.63, 3.8) is 0 Å². The highest BCUT2D eigenvalue weighted by atomic mass is 15.1. The quantitative estimate of drug-likeness (QED) is 0.578. The SMILES string of the molecule is C#CCCNc1cn2ccnc2cn1. The zero-order chi connectivity index (χ0) is 9.80. The lowest BCUT2D eigenvalue weighted by molar-refractivity contribution is 1.04. The summed E-state index contributed by atoms with van der Waals surface area (Å²) in [6.07, 6.45) is 13.1. The first-order valence-electron chi connectivity index (χ1n) is 4.36. The van der Waals surface area contributed by atoms with Gasteiger partial charge in [-0.2, -0.15) is 0 Å². The van der Waals surface area contributed by atoms with Gasteiger partial charge in [0.15, 0.2) is 5.65 Å². The molecular weight excluding hydrogens is 176 g/mol. The van der Waals surface area contributed by atoms with E-state index in [1.165, 1.54) is 0 Å². The van der Waals surface area contributed by atoms with E-state index in [0.29, 0.717) is 6.42 Å². The minimum Gasteiger partial charge on any atom is -0.368 e. The van der Waals surface area contributed by atoms with Crippen LogP contribution >= 0.6 is 0 Å². The summed E-state index contributed by atoms with van der Waals surface area (Å²) in [5.74, 6) is 3.37. The third-order valence-corrected chi connectivity index (χ3v) is 1.85. The average molecular weight is 186 g/mol. The van der Waals surface area contributed by atoms with E-state index in [1.807, 2.05) is 16.8 Å². The maximum Gasteiger partial charge on any atom is 0.155 e. The molecule has 0 aromatic carbocycles. The molecule has 0 radical (unpaired) electrons. The molecule has 2 rings (SSSR count). The van der Waals surface area contributed by atoms with Crippen LogP contribution in [0.3, 0.4) is 0 Å². The van der Waals surface area contributed by atoms with Crippen LogP contribution in [0.1, 0.15) is 6.42 Å². The van der Waals surface area contributed by atoms with Gasteiger partial charge in [-0.05, 0) is 0 Å². The van der Waals surface area contributed by atoms with Crippen molar-refractivity contribution in [2.75, 3.05) is 11.9 Å². The normalized spacial score (nSPS) is 9.93. The van der Waals surface area contributed by atoms with E-state index in [2.05, 4.69) is 21.2 Å². The van der Waals surface area contributed by atoms with Gasteiger partial charge in [0.05, 0.1) is 12.4 Å². The van der Waals surface area contributed by atoms with Crippen molar-refractivity contribution in [2.24, 2.45) is 0 Å². The highest BCUT2D eigenvalue weighted by Gasteiger charge is 1.96. The Labute approximate surface area is 82.0 Å². The molecule has 0 atom stereocenters. The summed E-state index contributed by atoms with van der Waals surface area (Å²) >= 11 is 0. The largest absolute Gasteiger partial charge is 0.368 e. The molecule has 2 aromatic heterocycles. The molecule has 0 saturated carbocycles. The lowest BCUT2D eigenvalue weighted by atomic mass is 10.4. The predicted octanol–water partition coefficient (Wildman–Crippen LogP) is 1.16. The second-order valence-corrected chi connectivity index (χ2v) is 2.85. The van der Waals surface area contributed by atoms with Crippen molar-refractivity contribution in [1.82, 2.24) is 14.4 Å². The smallest absolute Gasteiger partial charge is 0.155 e. The fraction of sp³-hybridized carbons (Fsp3) is 0.200. The van der Waals surface area contributed by atoms with E-state index in [-0.39, 0.29) is 0 Å².